The number of hydrogen-bond acceptors (Lipinski definition) is 32. The summed E-state index contributed by atoms with van der Waals surface area (Å²) in [7, 11) is -1.01. The van der Waals surface area contributed by atoms with E-state index < -0.39 is 246 Å². The zero-order chi connectivity index (χ0) is 80.6. The molecule has 3 aromatic rings. The lowest BCUT2D eigenvalue weighted by atomic mass is 9.86. The number of esters is 8. The summed E-state index contributed by atoms with van der Waals surface area (Å²) in [6.45, 7) is 12.9. The maximum Gasteiger partial charge on any atom is 0.367 e. The average molecular weight is 1580 g/mol. The number of benzene rings is 3. The number of carbonyl (C=O) groups excluding carboxylic acids is 11. The van der Waals surface area contributed by atoms with Crippen LogP contribution < -0.4 is 16.0 Å². The van der Waals surface area contributed by atoms with E-state index >= 15 is 4.79 Å². The lowest BCUT2D eigenvalue weighted by Crippen LogP contribution is -2.74. The zero-order valence-corrected chi connectivity index (χ0v) is 65.0. The molecule has 6 aliphatic heterocycles. The second-order valence-electron chi connectivity index (χ2n) is 28.8. The maximum atomic E-state index is 15.9. The van der Waals surface area contributed by atoms with Crippen LogP contribution in [0, 0.1) is 0 Å². The zero-order valence-electron chi connectivity index (χ0n) is 64.0. The molecule has 6 aliphatic rings. The SMILES string of the molecule is COC(=O)[C@@]1(O[C@H]2[C@@H](O[C@@H]3O[C@@H]4CO[C@H](c5ccccc5)O[C@@H]4[C@H](O)[C@H]3NC(C)=O)[C@@H](COCc3ccccc3)O[C@@H](OCC[Si](C)(C)C)[C@@H]2OCc2ccccc2)C[C@H](OC(C)=O)[C@@H](NC(C)=O)[C@H]([C@H](OC(C)=O)[C@H]2COC(=O)[C@]3(C[C@H](OC(C)=O)[C@@H](NC(C)=O)[C@H]([C@H](OC(C)=O)[C@@H](COC(C)=O)OC(C)=O)O3)O2)O1. The number of fused-ring (bicyclic) bond motifs is 1. The molecule has 36 heteroatoms. The summed E-state index contributed by atoms with van der Waals surface area (Å²) in [5.74, 6) is -17.4. The maximum absolute atomic E-state index is 15.9. The monoisotopic (exact) mass is 1580 g/mol. The molecule has 6 heterocycles. The van der Waals surface area contributed by atoms with Gasteiger partial charge < -0.3 is 116 Å². The van der Waals surface area contributed by atoms with Gasteiger partial charge in [-0.1, -0.05) is 111 Å². The van der Waals surface area contributed by atoms with Gasteiger partial charge in [0.25, 0.3) is 11.6 Å². The minimum absolute atomic E-state index is 0.0330. The largest absolute Gasteiger partial charge is 0.465 e. The summed E-state index contributed by atoms with van der Waals surface area (Å²) in [5, 5.41) is 20.7. The Morgan fingerprint density at radius 3 is 1.74 bits per heavy atom. The Bertz CT molecular complexity index is 3710. The Kier molecular flexibility index (Phi) is 30.3. The van der Waals surface area contributed by atoms with E-state index in [-0.39, 0.29) is 26.4 Å². The first kappa shape index (κ1) is 86.5. The molecule has 6 saturated heterocycles. The van der Waals surface area contributed by atoms with E-state index in [1.54, 1.807) is 72.8 Å². The first-order chi connectivity index (χ1) is 52.6. The molecule has 35 nitrogen and oxygen atoms in total. The van der Waals surface area contributed by atoms with Gasteiger partial charge in [0, 0.05) is 82.6 Å². The smallest absolute Gasteiger partial charge is 0.367 e. The Labute approximate surface area is 641 Å². The van der Waals surface area contributed by atoms with Crippen LogP contribution >= 0.6 is 0 Å². The predicted octanol–water partition coefficient (Wildman–Crippen LogP) is 2.66. The third kappa shape index (κ3) is 23.1. The lowest BCUT2D eigenvalue weighted by Gasteiger charge is -2.54. The molecular formula is C75H99N3O32Si. The quantitative estimate of drug-likeness (QED) is 0.0408. The van der Waals surface area contributed by atoms with Gasteiger partial charge >= 0.3 is 47.8 Å². The van der Waals surface area contributed by atoms with Crippen LogP contribution in [0.1, 0.15) is 98.1 Å². The van der Waals surface area contributed by atoms with Crippen molar-refractivity contribution in [2.24, 2.45) is 0 Å². The van der Waals surface area contributed by atoms with E-state index in [4.69, 9.17) is 94.7 Å². The second kappa shape index (κ2) is 38.8. The third-order valence-corrected chi connectivity index (χ3v) is 20.3. The Balaban J connectivity index is 1.23. The van der Waals surface area contributed by atoms with Crippen molar-refractivity contribution in [2.75, 3.05) is 40.1 Å². The van der Waals surface area contributed by atoms with Crippen LogP contribution in [0.4, 0.5) is 0 Å². The van der Waals surface area contributed by atoms with Crippen molar-refractivity contribution in [1.29, 1.82) is 0 Å². The van der Waals surface area contributed by atoms with Crippen molar-refractivity contribution in [1.82, 2.24) is 16.0 Å². The molecule has 4 N–H and O–H groups in total. The normalized spacial score (nSPS) is 31.4. The Morgan fingerprint density at radius 1 is 0.595 bits per heavy atom. The molecule has 0 unspecified atom stereocenters. The Morgan fingerprint density at radius 2 is 1.17 bits per heavy atom. The summed E-state index contributed by atoms with van der Waals surface area (Å²) >= 11 is 0. The van der Waals surface area contributed by atoms with Gasteiger partial charge in [-0.15, -0.1) is 0 Å². The van der Waals surface area contributed by atoms with Crippen molar-refractivity contribution in [2.45, 2.75) is 254 Å². The average Bonchev–Trinajstić information content (AvgIpc) is 0.736. The first-order valence-corrected chi connectivity index (χ1v) is 40.0. The number of methoxy groups -OCH3 is 1. The van der Waals surface area contributed by atoms with E-state index in [0.717, 1.165) is 68.1 Å². The molecule has 0 saturated carbocycles. The highest BCUT2D eigenvalue weighted by Crippen LogP contribution is 2.46. The van der Waals surface area contributed by atoms with Crippen molar-refractivity contribution >= 4 is 73.5 Å². The fourth-order valence-electron chi connectivity index (χ4n) is 14.0. The van der Waals surface area contributed by atoms with Crippen LogP contribution in [0.5, 0.6) is 0 Å². The topological polar surface area (TPSA) is 429 Å². The fraction of sp³-hybridized carbons (Fsp3) is 0.613. The molecule has 111 heavy (non-hydrogen) atoms. The van der Waals surface area contributed by atoms with Crippen molar-refractivity contribution < 1.29 is 153 Å². The van der Waals surface area contributed by atoms with Gasteiger partial charge in [0.2, 0.25) is 17.7 Å². The summed E-state index contributed by atoms with van der Waals surface area (Å²) in [6.07, 6.45) is -32.5. The van der Waals surface area contributed by atoms with Crippen LogP contribution in [0.15, 0.2) is 91.0 Å². The first-order valence-electron chi connectivity index (χ1n) is 36.3. The number of cyclic esters (lactones) is 1. The highest BCUT2D eigenvalue weighted by Gasteiger charge is 2.67. The van der Waals surface area contributed by atoms with Gasteiger partial charge in [-0.05, 0) is 17.2 Å². The van der Waals surface area contributed by atoms with Gasteiger partial charge in [0.05, 0.1) is 58.5 Å². The van der Waals surface area contributed by atoms with Crippen LogP contribution in [-0.4, -0.2) is 253 Å². The molecule has 610 valence electrons. The highest BCUT2D eigenvalue weighted by atomic mass is 28.3. The molecular weight excluding hydrogens is 1480 g/mol. The van der Waals surface area contributed by atoms with Gasteiger partial charge in [-0.2, -0.15) is 0 Å². The van der Waals surface area contributed by atoms with Gasteiger partial charge in [-0.3, -0.25) is 43.2 Å². The standard InChI is InChI=1S/C75H99N3O32Si/c1-39(79)76-57-52(99-44(6)84)32-75(109-65(57)62(101-46(8)86)55(100-45(7)85)36-94-42(4)82)73(90)97-38-56(107-75)64(102-47(9)87)66-58(77-40(2)80)51(98-43(5)83)31-74(108-66,72(89)91-10)110-67-63(106-70-59(78-41(3)81)60(88)61-54(103-70)37-96-69(105-61)50-27-21-16-22-28-50)53(35-92-33-48-23-17-14-18-24-48)104-71(93-29-30-111(11,12)13)68(67)95-34-49-25-19-15-20-26-49/h14-28,51-71,88H,29-38H2,1-13H3,(H,76,79)(H,77,80)(H,78,81)/t51-,52-,53+,54+,55+,56+,57+,58+,59+,60+,61-,62+,63-,64+,65+,66+,67-,68+,69-,70-,71+,74-,75+/m0/s1. The molecule has 3 amide bonds. The molecule has 9 rings (SSSR count). The van der Waals surface area contributed by atoms with E-state index in [1.165, 1.54) is 6.92 Å². The van der Waals surface area contributed by atoms with E-state index in [2.05, 4.69) is 35.6 Å². The summed E-state index contributed by atoms with van der Waals surface area (Å²) < 4.78 is 128. The van der Waals surface area contributed by atoms with Crippen molar-refractivity contribution in [3.8, 4) is 0 Å². The number of amides is 3. The van der Waals surface area contributed by atoms with Crippen molar-refractivity contribution in [3.63, 3.8) is 0 Å². The number of ether oxygens (including phenoxy) is 20. The molecule has 1 spiro atoms. The minimum Gasteiger partial charge on any atom is -0.465 e. The molecule has 3 aromatic carbocycles. The summed E-state index contributed by atoms with van der Waals surface area (Å²) in [6, 6.07) is 22.4. The fourth-order valence-corrected chi connectivity index (χ4v) is 14.7. The van der Waals surface area contributed by atoms with Gasteiger partial charge in [0.15, 0.2) is 37.2 Å². The number of carbonyl (C=O) groups is 11. The lowest BCUT2D eigenvalue weighted by molar-refractivity contribution is -0.402. The summed E-state index contributed by atoms with van der Waals surface area (Å²) in [4.78, 5) is 151. The number of aliphatic hydroxyl groups excluding tert-OH is 1. The van der Waals surface area contributed by atoms with E-state index in [9.17, 15) is 53.1 Å². The van der Waals surface area contributed by atoms with Crippen molar-refractivity contribution in [3.05, 3.63) is 108 Å². The molecule has 0 aliphatic carbocycles. The molecule has 6 fully saturated rings. The van der Waals surface area contributed by atoms with Gasteiger partial charge in [-0.25, -0.2) is 9.59 Å². The van der Waals surface area contributed by atoms with E-state index in [0.29, 0.717) is 17.2 Å². The van der Waals surface area contributed by atoms with Crippen LogP contribution in [0.2, 0.25) is 25.7 Å². The minimum atomic E-state index is -3.08. The van der Waals surface area contributed by atoms with Crippen LogP contribution in [0.25, 0.3) is 0 Å². The molecule has 0 bridgehead atoms. The number of rotatable bonds is 31. The van der Waals surface area contributed by atoms with Crippen LogP contribution in [-0.2, 0) is 161 Å². The number of hydrogen-bond donors (Lipinski definition) is 4. The second-order valence-corrected chi connectivity index (χ2v) is 34.4. The Hall–Kier alpha value is -8.47. The van der Waals surface area contributed by atoms with Crippen LogP contribution in [0.3, 0.4) is 0 Å². The number of nitrogens with one attached hydrogen (secondary N) is 3. The molecule has 0 aromatic heterocycles. The molecule has 23 atom stereocenters. The highest BCUT2D eigenvalue weighted by molar-refractivity contribution is 6.76. The predicted molar refractivity (Wildman–Crippen MR) is 378 cm³/mol. The molecule has 0 radical (unpaired) electrons. The number of aliphatic hydroxyl groups is 1. The van der Waals surface area contributed by atoms with E-state index in [1.807, 2.05) is 18.2 Å². The third-order valence-electron chi connectivity index (χ3n) is 18.6. The summed E-state index contributed by atoms with van der Waals surface area (Å²) in [5.41, 5.74) is 1.92. The van der Waals surface area contributed by atoms with Gasteiger partial charge in [0.1, 0.15) is 92.5 Å².